The third-order valence-electron chi connectivity index (χ3n) is 4.13. The molecule has 1 N–H and O–H groups in total. The molecule has 2 aromatic heterocycles. The molecule has 2 heterocycles. The van der Waals surface area contributed by atoms with Crippen LogP contribution in [-0.4, -0.2) is 37.8 Å². The quantitative estimate of drug-likeness (QED) is 0.735. The molecule has 0 unspecified atom stereocenters. The fourth-order valence-electron chi connectivity index (χ4n) is 2.49. The first-order valence-corrected chi connectivity index (χ1v) is 8.09. The number of ether oxygens (including phenoxy) is 1. The highest BCUT2D eigenvalue weighted by Crippen LogP contribution is 2.15. The van der Waals surface area contributed by atoms with Crippen LogP contribution in [0, 0.1) is 12.7 Å². The van der Waals surface area contributed by atoms with Gasteiger partial charge in [0.1, 0.15) is 18.2 Å². The van der Waals surface area contributed by atoms with Gasteiger partial charge in [-0.1, -0.05) is 6.07 Å². The molecule has 3 aromatic rings. The number of aromatic amines is 1. The number of aryl methyl sites for hydroxylation is 1. The minimum atomic E-state index is -0.365. The van der Waals surface area contributed by atoms with E-state index in [9.17, 15) is 9.18 Å². The van der Waals surface area contributed by atoms with Crippen LogP contribution in [0.15, 0.2) is 36.5 Å². The molecule has 0 aliphatic rings. The topological polar surface area (TPSA) is 76.0 Å². The Kier molecular flexibility index (Phi) is 5.01. The van der Waals surface area contributed by atoms with Crippen LogP contribution in [0.1, 0.15) is 27.4 Å². The van der Waals surface area contributed by atoms with E-state index in [1.807, 2.05) is 14.0 Å². The average Bonchev–Trinajstić information content (AvgIpc) is 3.21. The van der Waals surface area contributed by atoms with Crippen LogP contribution in [0.4, 0.5) is 4.39 Å². The number of amides is 1. The number of H-pyrrole nitrogens is 1. The summed E-state index contributed by atoms with van der Waals surface area (Å²) in [4.78, 5) is 14.1. The van der Waals surface area contributed by atoms with Gasteiger partial charge < -0.3 is 9.64 Å². The predicted molar refractivity (Wildman–Crippen MR) is 93.1 cm³/mol. The van der Waals surface area contributed by atoms with Crippen LogP contribution in [0.2, 0.25) is 0 Å². The number of aromatic nitrogens is 4. The molecule has 136 valence electrons. The van der Waals surface area contributed by atoms with E-state index in [1.54, 1.807) is 41.0 Å². The lowest BCUT2D eigenvalue weighted by Crippen LogP contribution is -2.26. The molecule has 26 heavy (non-hydrogen) atoms. The second-order valence-corrected chi connectivity index (χ2v) is 6.06. The van der Waals surface area contributed by atoms with Crippen molar-refractivity contribution in [3.8, 4) is 5.75 Å². The molecule has 0 radical (unpaired) electrons. The van der Waals surface area contributed by atoms with Crippen LogP contribution in [0.25, 0.3) is 0 Å². The van der Waals surface area contributed by atoms with Gasteiger partial charge in [-0.3, -0.25) is 14.6 Å². The predicted octanol–water partition coefficient (Wildman–Crippen LogP) is 2.44. The van der Waals surface area contributed by atoms with Crippen LogP contribution in [0.5, 0.6) is 5.75 Å². The SMILES string of the molecule is Cc1c(CN(C)C(=O)c2cc(COc3cccc(F)c3)[nH]n2)cnn1C. The van der Waals surface area contributed by atoms with Crippen molar-refractivity contribution in [1.82, 2.24) is 24.9 Å². The summed E-state index contributed by atoms with van der Waals surface area (Å²) < 4.78 is 20.4. The zero-order valence-corrected chi connectivity index (χ0v) is 14.9. The molecule has 0 aliphatic heterocycles. The van der Waals surface area contributed by atoms with Gasteiger partial charge in [-0.2, -0.15) is 10.2 Å². The first-order chi connectivity index (χ1) is 12.4. The molecule has 3 rings (SSSR count). The number of hydrogen-bond donors (Lipinski definition) is 1. The average molecular weight is 357 g/mol. The Morgan fingerprint density at radius 2 is 2.19 bits per heavy atom. The Morgan fingerprint density at radius 3 is 2.88 bits per heavy atom. The van der Waals surface area contributed by atoms with Crippen molar-refractivity contribution in [2.24, 2.45) is 7.05 Å². The molecule has 1 aromatic carbocycles. The summed E-state index contributed by atoms with van der Waals surface area (Å²) in [7, 11) is 3.58. The molecule has 0 spiro atoms. The van der Waals surface area contributed by atoms with Crippen molar-refractivity contribution < 1.29 is 13.9 Å². The van der Waals surface area contributed by atoms with Crippen LogP contribution in [0.3, 0.4) is 0 Å². The highest BCUT2D eigenvalue weighted by molar-refractivity contribution is 5.92. The van der Waals surface area contributed by atoms with Crippen molar-refractivity contribution in [3.63, 3.8) is 0 Å². The number of carbonyl (C=O) groups excluding carboxylic acids is 1. The van der Waals surface area contributed by atoms with Crippen LogP contribution >= 0.6 is 0 Å². The maximum atomic E-state index is 13.1. The lowest BCUT2D eigenvalue weighted by molar-refractivity contribution is 0.0779. The number of nitrogens with zero attached hydrogens (tertiary/aromatic N) is 4. The summed E-state index contributed by atoms with van der Waals surface area (Å²) in [6.07, 6.45) is 1.75. The molecular formula is C18H20FN5O2. The highest BCUT2D eigenvalue weighted by atomic mass is 19.1. The van der Waals surface area contributed by atoms with E-state index in [2.05, 4.69) is 15.3 Å². The standard InChI is InChI=1S/C18H20FN5O2/c1-12-13(9-20-24(12)3)10-23(2)18(25)17-8-15(21-22-17)11-26-16-6-4-5-14(19)7-16/h4-9H,10-11H2,1-3H3,(H,21,22). The Morgan fingerprint density at radius 1 is 1.38 bits per heavy atom. The monoisotopic (exact) mass is 357 g/mol. The van der Waals surface area contributed by atoms with E-state index in [0.29, 0.717) is 23.7 Å². The van der Waals surface area contributed by atoms with Gasteiger partial charge in [0.05, 0.1) is 11.9 Å². The molecule has 0 bridgehead atoms. The lowest BCUT2D eigenvalue weighted by Gasteiger charge is -2.15. The van der Waals surface area contributed by atoms with Gasteiger partial charge in [0.25, 0.3) is 5.91 Å². The van der Waals surface area contributed by atoms with Gasteiger partial charge in [0.2, 0.25) is 0 Å². The minimum absolute atomic E-state index is 0.162. The number of halogens is 1. The Bertz CT molecular complexity index is 918. The third-order valence-corrected chi connectivity index (χ3v) is 4.13. The molecule has 1 amide bonds. The van der Waals surface area contributed by atoms with E-state index < -0.39 is 0 Å². The summed E-state index contributed by atoms with van der Waals surface area (Å²) in [6, 6.07) is 7.51. The van der Waals surface area contributed by atoms with E-state index in [1.165, 1.54) is 12.1 Å². The second-order valence-electron chi connectivity index (χ2n) is 6.06. The summed E-state index contributed by atoms with van der Waals surface area (Å²) in [5, 5.41) is 11.0. The number of nitrogens with one attached hydrogen (secondary N) is 1. The smallest absolute Gasteiger partial charge is 0.274 e. The summed E-state index contributed by atoms with van der Waals surface area (Å²) >= 11 is 0. The maximum Gasteiger partial charge on any atom is 0.274 e. The number of hydrogen-bond acceptors (Lipinski definition) is 4. The van der Waals surface area contributed by atoms with Gasteiger partial charge in [-0.15, -0.1) is 0 Å². The Hall–Kier alpha value is -3.16. The number of rotatable bonds is 6. The molecule has 0 saturated carbocycles. The van der Waals surface area contributed by atoms with Crippen molar-refractivity contribution in [2.45, 2.75) is 20.1 Å². The van der Waals surface area contributed by atoms with Crippen molar-refractivity contribution in [2.75, 3.05) is 7.05 Å². The van der Waals surface area contributed by atoms with Gasteiger partial charge in [-0.05, 0) is 25.1 Å². The molecule has 7 nitrogen and oxygen atoms in total. The minimum Gasteiger partial charge on any atom is -0.487 e. The molecular weight excluding hydrogens is 337 g/mol. The normalized spacial score (nSPS) is 10.8. The molecule has 0 aliphatic carbocycles. The van der Waals surface area contributed by atoms with Crippen molar-refractivity contribution >= 4 is 5.91 Å². The lowest BCUT2D eigenvalue weighted by atomic mass is 10.2. The van der Waals surface area contributed by atoms with Gasteiger partial charge >= 0.3 is 0 Å². The van der Waals surface area contributed by atoms with Crippen molar-refractivity contribution in [1.29, 1.82) is 0 Å². The second kappa shape index (κ2) is 7.38. The van der Waals surface area contributed by atoms with E-state index in [0.717, 1.165) is 11.3 Å². The van der Waals surface area contributed by atoms with Crippen LogP contribution < -0.4 is 4.74 Å². The first-order valence-electron chi connectivity index (χ1n) is 8.09. The van der Waals surface area contributed by atoms with E-state index in [-0.39, 0.29) is 18.3 Å². The fraction of sp³-hybridized carbons (Fsp3) is 0.278. The summed E-state index contributed by atoms with van der Waals surface area (Å²) in [5.41, 5.74) is 2.92. The number of carbonyl (C=O) groups is 1. The zero-order chi connectivity index (χ0) is 18.7. The zero-order valence-electron chi connectivity index (χ0n) is 14.9. The molecule has 0 saturated heterocycles. The largest absolute Gasteiger partial charge is 0.487 e. The first kappa shape index (κ1) is 17.7. The van der Waals surface area contributed by atoms with Gasteiger partial charge in [0.15, 0.2) is 5.69 Å². The van der Waals surface area contributed by atoms with Crippen LogP contribution in [-0.2, 0) is 20.2 Å². The molecule has 0 atom stereocenters. The van der Waals surface area contributed by atoms with Crippen molar-refractivity contribution in [3.05, 3.63) is 65.0 Å². The Balaban J connectivity index is 1.61. The molecule has 8 heteroatoms. The molecule has 0 fully saturated rings. The maximum absolute atomic E-state index is 13.1. The highest BCUT2D eigenvalue weighted by Gasteiger charge is 2.17. The van der Waals surface area contributed by atoms with E-state index >= 15 is 0 Å². The van der Waals surface area contributed by atoms with Gasteiger partial charge in [-0.25, -0.2) is 4.39 Å². The summed E-state index contributed by atoms with van der Waals surface area (Å²) in [5.74, 6) is -0.159. The third kappa shape index (κ3) is 3.90. The number of benzene rings is 1. The van der Waals surface area contributed by atoms with E-state index in [4.69, 9.17) is 4.74 Å². The Labute approximate surface area is 150 Å². The fourth-order valence-corrected chi connectivity index (χ4v) is 2.49. The van der Waals surface area contributed by atoms with Gasteiger partial charge in [0, 0.05) is 38.0 Å². The summed E-state index contributed by atoms with van der Waals surface area (Å²) in [6.45, 7) is 2.56.